The molecule has 2 aromatic carbocycles. The second-order valence-electron chi connectivity index (χ2n) is 8.31. The first-order chi connectivity index (χ1) is 14.1. The van der Waals surface area contributed by atoms with Crippen LogP contribution in [0.2, 0.25) is 0 Å². The minimum atomic E-state index is -0.783. The molecule has 0 saturated carbocycles. The summed E-state index contributed by atoms with van der Waals surface area (Å²) in [6.07, 6.45) is 2.15. The molecule has 0 aliphatic carbocycles. The quantitative estimate of drug-likeness (QED) is 0.852. The summed E-state index contributed by atoms with van der Waals surface area (Å²) in [7, 11) is 1.91. The van der Waals surface area contributed by atoms with Crippen LogP contribution in [-0.4, -0.2) is 54.3 Å². The van der Waals surface area contributed by atoms with Crippen molar-refractivity contribution in [2.45, 2.75) is 37.3 Å². The van der Waals surface area contributed by atoms with E-state index in [4.69, 9.17) is 0 Å². The Balaban J connectivity index is 1.43. The van der Waals surface area contributed by atoms with Crippen molar-refractivity contribution in [1.29, 1.82) is 0 Å². The highest BCUT2D eigenvalue weighted by Crippen LogP contribution is 2.34. The van der Waals surface area contributed by atoms with Crippen LogP contribution in [0.1, 0.15) is 30.4 Å². The Morgan fingerprint density at radius 1 is 1.07 bits per heavy atom. The highest BCUT2D eigenvalue weighted by atomic mass is 16.2. The third kappa shape index (κ3) is 4.06. The Morgan fingerprint density at radius 3 is 2.28 bits per heavy atom. The first-order valence-electron chi connectivity index (χ1n) is 10.4. The summed E-state index contributed by atoms with van der Waals surface area (Å²) in [5.74, 6) is 0.0110. The van der Waals surface area contributed by atoms with Gasteiger partial charge in [0.2, 0.25) is 11.8 Å². The second kappa shape index (κ2) is 8.37. The van der Waals surface area contributed by atoms with Crippen molar-refractivity contribution >= 4 is 11.8 Å². The van der Waals surface area contributed by atoms with E-state index in [9.17, 15) is 9.59 Å². The van der Waals surface area contributed by atoms with E-state index in [2.05, 4.69) is 34.5 Å². The lowest BCUT2D eigenvalue weighted by molar-refractivity contribution is -0.139. The maximum atomic E-state index is 13.6. The predicted octanol–water partition coefficient (Wildman–Crippen LogP) is 2.57. The summed E-state index contributed by atoms with van der Waals surface area (Å²) in [5.41, 5.74) is 1.47. The molecule has 2 fully saturated rings. The van der Waals surface area contributed by atoms with E-state index in [-0.39, 0.29) is 24.3 Å². The third-order valence-electron chi connectivity index (χ3n) is 6.46. The Morgan fingerprint density at radius 2 is 1.69 bits per heavy atom. The first kappa shape index (κ1) is 19.6. The fraction of sp³-hybridized carbons (Fsp3) is 0.417. The maximum absolute atomic E-state index is 13.6. The Hall–Kier alpha value is -2.66. The lowest BCUT2D eigenvalue weighted by Gasteiger charge is -2.40. The molecular weight excluding hydrogens is 362 g/mol. The lowest BCUT2D eigenvalue weighted by atomic mass is 9.77. The van der Waals surface area contributed by atoms with Gasteiger partial charge in [-0.1, -0.05) is 60.7 Å². The molecule has 2 aliphatic rings. The number of likely N-dealkylation sites (N-methyl/N-ethyl adjacent to an activating group) is 1. The van der Waals surface area contributed by atoms with E-state index in [1.807, 2.05) is 48.3 Å². The van der Waals surface area contributed by atoms with Crippen molar-refractivity contribution in [1.82, 2.24) is 15.1 Å². The monoisotopic (exact) mass is 391 g/mol. The number of amides is 2. The van der Waals surface area contributed by atoms with Gasteiger partial charge in [-0.3, -0.25) is 14.5 Å². The van der Waals surface area contributed by atoms with Gasteiger partial charge in [-0.05, 0) is 24.0 Å². The molecule has 0 radical (unpaired) electrons. The van der Waals surface area contributed by atoms with Gasteiger partial charge in [0.15, 0.2) is 0 Å². The van der Waals surface area contributed by atoms with Crippen LogP contribution in [0.15, 0.2) is 60.7 Å². The number of likely N-dealkylation sites (tertiary alicyclic amines) is 1. The van der Waals surface area contributed by atoms with E-state index < -0.39 is 5.41 Å². The predicted molar refractivity (Wildman–Crippen MR) is 113 cm³/mol. The van der Waals surface area contributed by atoms with E-state index >= 15 is 0 Å². The van der Waals surface area contributed by atoms with Crippen molar-refractivity contribution < 1.29 is 9.59 Å². The molecule has 29 heavy (non-hydrogen) atoms. The van der Waals surface area contributed by atoms with Gasteiger partial charge in [-0.25, -0.2) is 0 Å². The molecule has 2 amide bonds. The molecule has 4 rings (SSSR count). The van der Waals surface area contributed by atoms with Crippen LogP contribution in [0, 0.1) is 0 Å². The van der Waals surface area contributed by atoms with E-state index in [1.54, 1.807) is 0 Å². The average Bonchev–Trinajstić information content (AvgIpc) is 3.17. The number of rotatable bonds is 5. The van der Waals surface area contributed by atoms with Gasteiger partial charge in [0.25, 0.3) is 0 Å². The van der Waals surface area contributed by atoms with Crippen LogP contribution in [0.4, 0.5) is 0 Å². The second-order valence-corrected chi connectivity index (χ2v) is 8.31. The molecule has 2 aliphatic heterocycles. The number of benzene rings is 2. The van der Waals surface area contributed by atoms with Gasteiger partial charge >= 0.3 is 0 Å². The zero-order chi connectivity index (χ0) is 20.3. The number of hydrogen-bond acceptors (Lipinski definition) is 3. The summed E-state index contributed by atoms with van der Waals surface area (Å²) in [6, 6.07) is 20.5. The SMILES string of the molecule is CN(C(=O)C1(c2ccccc2)CNC(=O)C1)C1CCN(Cc2ccccc2)CC1. The normalized spacial score (nSPS) is 23.0. The number of carbonyl (C=O) groups is 2. The molecular formula is C24H29N3O2. The Kier molecular flexibility index (Phi) is 5.67. The molecule has 1 unspecified atom stereocenters. The fourth-order valence-electron chi connectivity index (χ4n) is 4.69. The van der Waals surface area contributed by atoms with E-state index in [0.717, 1.165) is 38.0 Å². The van der Waals surface area contributed by atoms with Gasteiger partial charge < -0.3 is 10.2 Å². The highest BCUT2D eigenvalue weighted by Gasteiger charge is 2.48. The van der Waals surface area contributed by atoms with Crippen molar-refractivity contribution in [3.63, 3.8) is 0 Å². The standard InChI is InChI=1S/C24H29N3O2/c1-26(21-12-14-27(15-13-21)17-19-8-4-2-5-9-19)23(29)24(16-22(28)25-18-24)20-10-6-3-7-11-20/h2-11,21H,12-18H2,1H3,(H,25,28). The van der Waals surface area contributed by atoms with Crippen LogP contribution < -0.4 is 5.32 Å². The van der Waals surface area contributed by atoms with Crippen LogP contribution in [0.3, 0.4) is 0 Å². The van der Waals surface area contributed by atoms with Crippen LogP contribution in [0.25, 0.3) is 0 Å². The number of hydrogen-bond donors (Lipinski definition) is 1. The highest BCUT2D eigenvalue weighted by molar-refractivity contribution is 5.97. The Bertz CT molecular complexity index is 847. The zero-order valence-electron chi connectivity index (χ0n) is 17.0. The minimum absolute atomic E-state index is 0.0479. The van der Waals surface area contributed by atoms with Gasteiger partial charge in [0.1, 0.15) is 5.41 Å². The van der Waals surface area contributed by atoms with Crippen molar-refractivity contribution in [2.24, 2.45) is 0 Å². The topological polar surface area (TPSA) is 52.7 Å². The van der Waals surface area contributed by atoms with Crippen LogP contribution >= 0.6 is 0 Å². The molecule has 2 saturated heterocycles. The molecule has 1 N–H and O–H groups in total. The third-order valence-corrected chi connectivity index (χ3v) is 6.46. The number of nitrogens with one attached hydrogen (secondary N) is 1. The largest absolute Gasteiger partial charge is 0.355 e. The summed E-state index contributed by atoms with van der Waals surface area (Å²) in [5, 5.41) is 2.89. The number of carbonyl (C=O) groups excluding carboxylic acids is 2. The maximum Gasteiger partial charge on any atom is 0.235 e. The molecule has 2 heterocycles. The van der Waals surface area contributed by atoms with Gasteiger partial charge in [-0.2, -0.15) is 0 Å². The molecule has 5 heteroatoms. The fourth-order valence-corrected chi connectivity index (χ4v) is 4.69. The smallest absolute Gasteiger partial charge is 0.235 e. The Labute approximate surface area is 172 Å². The minimum Gasteiger partial charge on any atom is -0.355 e. The van der Waals surface area contributed by atoms with Gasteiger partial charge in [0, 0.05) is 45.7 Å². The average molecular weight is 392 g/mol. The zero-order valence-corrected chi connectivity index (χ0v) is 17.0. The molecule has 1 atom stereocenters. The van der Waals surface area contributed by atoms with Gasteiger partial charge in [0.05, 0.1) is 0 Å². The number of nitrogens with zero attached hydrogens (tertiary/aromatic N) is 2. The molecule has 0 aromatic heterocycles. The summed E-state index contributed by atoms with van der Waals surface area (Å²) >= 11 is 0. The van der Waals surface area contributed by atoms with E-state index in [0.29, 0.717) is 6.54 Å². The van der Waals surface area contributed by atoms with Crippen LogP contribution in [-0.2, 0) is 21.5 Å². The summed E-state index contributed by atoms with van der Waals surface area (Å²) < 4.78 is 0. The molecule has 2 aromatic rings. The lowest BCUT2D eigenvalue weighted by Crippen LogP contribution is -2.53. The summed E-state index contributed by atoms with van der Waals surface area (Å²) in [4.78, 5) is 30.0. The van der Waals surface area contributed by atoms with Gasteiger partial charge in [-0.15, -0.1) is 0 Å². The van der Waals surface area contributed by atoms with E-state index in [1.165, 1.54) is 5.56 Å². The molecule has 0 spiro atoms. The van der Waals surface area contributed by atoms with Crippen molar-refractivity contribution in [3.05, 3.63) is 71.8 Å². The molecule has 5 nitrogen and oxygen atoms in total. The molecule has 152 valence electrons. The number of piperidine rings is 1. The first-order valence-corrected chi connectivity index (χ1v) is 10.4. The van der Waals surface area contributed by atoms with Crippen LogP contribution in [0.5, 0.6) is 0 Å². The van der Waals surface area contributed by atoms with Crippen molar-refractivity contribution in [2.75, 3.05) is 26.7 Å². The van der Waals surface area contributed by atoms with Crippen molar-refractivity contribution in [3.8, 4) is 0 Å². The summed E-state index contributed by atoms with van der Waals surface area (Å²) in [6.45, 7) is 3.29. The molecule has 0 bridgehead atoms.